The lowest BCUT2D eigenvalue weighted by molar-refractivity contribution is 0.223. The highest BCUT2D eigenvalue weighted by Gasteiger charge is 2.24. The van der Waals surface area contributed by atoms with Gasteiger partial charge in [-0.2, -0.15) is 0 Å². The Labute approximate surface area is 101 Å². The van der Waals surface area contributed by atoms with Crippen LogP contribution in [0, 0.1) is 0 Å². The summed E-state index contributed by atoms with van der Waals surface area (Å²) in [6.07, 6.45) is 2.45. The van der Waals surface area contributed by atoms with E-state index in [1.807, 2.05) is 0 Å². The molecular weight excluding hydrogens is 250 g/mol. The molecule has 1 aliphatic rings. The van der Waals surface area contributed by atoms with Crippen molar-refractivity contribution in [3.8, 4) is 0 Å². The van der Waals surface area contributed by atoms with E-state index in [0.29, 0.717) is 0 Å². The predicted octanol–water partition coefficient (Wildman–Crippen LogP) is 3.26. The summed E-state index contributed by atoms with van der Waals surface area (Å²) in [6.45, 7) is 6.83. The first kappa shape index (κ1) is 11.2. The minimum absolute atomic E-state index is 0.726. The van der Waals surface area contributed by atoms with Crippen molar-refractivity contribution < 1.29 is 0 Å². The summed E-state index contributed by atoms with van der Waals surface area (Å²) in [5, 5.41) is 0. The highest BCUT2D eigenvalue weighted by molar-refractivity contribution is 9.10. The zero-order valence-electron chi connectivity index (χ0n) is 9.46. The molecule has 0 fully saturated rings. The molecule has 15 heavy (non-hydrogen) atoms. The molecule has 0 spiro atoms. The van der Waals surface area contributed by atoms with Crippen molar-refractivity contribution in [3.05, 3.63) is 33.8 Å². The molecule has 0 saturated heterocycles. The predicted molar refractivity (Wildman–Crippen MR) is 68.3 cm³/mol. The summed E-state index contributed by atoms with van der Waals surface area (Å²) in [5.41, 5.74) is 3.07. The van der Waals surface area contributed by atoms with Crippen LogP contribution in [0.5, 0.6) is 0 Å². The van der Waals surface area contributed by atoms with Crippen LogP contribution in [0.25, 0.3) is 0 Å². The molecule has 0 aromatic heterocycles. The maximum atomic E-state index is 3.54. The summed E-state index contributed by atoms with van der Waals surface area (Å²) in [5.74, 6) is 0. The van der Waals surface area contributed by atoms with E-state index in [1.165, 1.54) is 28.4 Å². The van der Waals surface area contributed by atoms with Gasteiger partial charge in [-0.25, -0.2) is 0 Å². The van der Waals surface area contributed by atoms with E-state index >= 15 is 0 Å². The van der Waals surface area contributed by atoms with Crippen LogP contribution < -0.4 is 0 Å². The number of benzene rings is 1. The highest BCUT2D eigenvalue weighted by atomic mass is 79.9. The Hall–Kier alpha value is -0.340. The van der Waals surface area contributed by atoms with Crippen LogP contribution in [0.4, 0.5) is 0 Å². The monoisotopic (exact) mass is 267 g/mol. The maximum absolute atomic E-state index is 3.54. The summed E-state index contributed by atoms with van der Waals surface area (Å²) >= 11 is 3.54. The van der Waals surface area contributed by atoms with Gasteiger partial charge < -0.3 is 4.90 Å². The molecule has 1 aliphatic carbocycles. The average Bonchev–Trinajstić information content (AvgIpc) is 2.62. The molecule has 0 heterocycles. The molecule has 0 aliphatic heterocycles. The van der Waals surface area contributed by atoms with Crippen LogP contribution in [-0.4, -0.2) is 24.0 Å². The summed E-state index contributed by atoms with van der Waals surface area (Å²) in [6, 6.07) is 7.43. The van der Waals surface area contributed by atoms with Crippen LogP contribution in [0.1, 0.15) is 25.0 Å². The largest absolute Gasteiger partial charge is 0.300 e. The molecule has 1 nitrogen and oxygen atoms in total. The third kappa shape index (κ3) is 2.26. The second-order valence-corrected chi connectivity index (χ2v) is 5.11. The summed E-state index contributed by atoms with van der Waals surface area (Å²) in [4.78, 5) is 2.56. The average molecular weight is 268 g/mol. The van der Waals surface area contributed by atoms with Crippen LogP contribution >= 0.6 is 15.9 Å². The topological polar surface area (TPSA) is 3.24 Å². The van der Waals surface area contributed by atoms with E-state index in [0.717, 1.165) is 19.1 Å². The van der Waals surface area contributed by atoms with E-state index in [1.54, 1.807) is 0 Å². The Morgan fingerprint density at radius 3 is 2.53 bits per heavy atom. The van der Waals surface area contributed by atoms with Crippen LogP contribution in [0.2, 0.25) is 0 Å². The van der Waals surface area contributed by atoms with Crippen molar-refractivity contribution in [2.45, 2.75) is 32.7 Å². The molecule has 1 unspecified atom stereocenters. The van der Waals surface area contributed by atoms with Gasteiger partial charge in [0.2, 0.25) is 0 Å². The van der Waals surface area contributed by atoms with Crippen LogP contribution in [0.15, 0.2) is 22.7 Å². The van der Waals surface area contributed by atoms with Gasteiger partial charge in [0, 0.05) is 10.5 Å². The van der Waals surface area contributed by atoms with Crippen LogP contribution in [-0.2, 0) is 12.8 Å². The number of hydrogen-bond donors (Lipinski definition) is 0. The second kappa shape index (κ2) is 4.67. The summed E-state index contributed by atoms with van der Waals surface area (Å²) < 4.78 is 1.21. The molecule has 1 atom stereocenters. The van der Waals surface area contributed by atoms with E-state index in [4.69, 9.17) is 0 Å². The molecule has 0 radical (unpaired) electrons. The van der Waals surface area contributed by atoms with Gasteiger partial charge in [-0.05, 0) is 49.2 Å². The zero-order chi connectivity index (χ0) is 10.8. The fourth-order valence-corrected chi connectivity index (χ4v) is 2.97. The lowest BCUT2D eigenvalue weighted by atomic mass is 10.1. The second-order valence-electron chi connectivity index (χ2n) is 4.20. The molecule has 1 aromatic rings. The Bertz CT molecular complexity index is 344. The van der Waals surface area contributed by atoms with Crippen molar-refractivity contribution in [2.75, 3.05) is 13.1 Å². The number of halogens is 1. The Morgan fingerprint density at radius 2 is 1.87 bits per heavy atom. The first-order valence-corrected chi connectivity index (χ1v) is 6.55. The molecule has 2 heteroatoms. The van der Waals surface area contributed by atoms with Crippen molar-refractivity contribution >= 4 is 15.9 Å². The Morgan fingerprint density at radius 1 is 1.20 bits per heavy atom. The van der Waals surface area contributed by atoms with E-state index in [2.05, 4.69) is 52.9 Å². The molecule has 82 valence electrons. The van der Waals surface area contributed by atoms with Crippen molar-refractivity contribution in [1.29, 1.82) is 0 Å². The SMILES string of the molecule is CCN(CC)C1Cc2ccc(Br)cc2C1. The quantitative estimate of drug-likeness (QED) is 0.813. The fourth-order valence-electron chi connectivity index (χ4n) is 2.56. The van der Waals surface area contributed by atoms with E-state index in [-0.39, 0.29) is 0 Å². The van der Waals surface area contributed by atoms with Gasteiger partial charge in [-0.15, -0.1) is 0 Å². The standard InChI is InChI=1S/C13H18BrN/c1-3-15(4-2)13-8-10-5-6-12(14)7-11(10)9-13/h5-7,13H,3-4,8-9H2,1-2H3. The normalized spacial score (nSPS) is 19.6. The van der Waals surface area contributed by atoms with Crippen molar-refractivity contribution in [3.63, 3.8) is 0 Å². The Kier molecular flexibility index (Phi) is 3.47. The molecule has 1 aromatic carbocycles. The lowest BCUT2D eigenvalue weighted by Crippen LogP contribution is -2.35. The van der Waals surface area contributed by atoms with E-state index < -0.39 is 0 Å². The van der Waals surface area contributed by atoms with Gasteiger partial charge >= 0.3 is 0 Å². The Balaban J connectivity index is 2.15. The first-order chi connectivity index (χ1) is 7.24. The number of rotatable bonds is 3. The van der Waals surface area contributed by atoms with Gasteiger partial charge in [-0.1, -0.05) is 35.8 Å². The molecule has 0 amide bonds. The first-order valence-electron chi connectivity index (χ1n) is 5.76. The summed E-state index contributed by atoms with van der Waals surface area (Å²) in [7, 11) is 0. The third-order valence-corrected chi connectivity index (χ3v) is 3.90. The van der Waals surface area contributed by atoms with Gasteiger partial charge in [0.15, 0.2) is 0 Å². The minimum atomic E-state index is 0.726. The number of likely N-dealkylation sites (N-methyl/N-ethyl adjacent to an activating group) is 1. The van der Waals surface area contributed by atoms with Gasteiger partial charge in [-0.3, -0.25) is 0 Å². The third-order valence-electron chi connectivity index (χ3n) is 3.41. The highest BCUT2D eigenvalue weighted by Crippen LogP contribution is 2.28. The molecule has 2 rings (SSSR count). The van der Waals surface area contributed by atoms with Crippen molar-refractivity contribution in [2.24, 2.45) is 0 Å². The molecule has 0 saturated carbocycles. The number of fused-ring (bicyclic) bond motifs is 1. The van der Waals surface area contributed by atoms with Crippen LogP contribution in [0.3, 0.4) is 0 Å². The van der Waals surface area contributed by atoms with Gasteiger partial charge in [0.25, 0.3) is 0 Å². The maximum Gasteiger partial charge on any atom is 0.0178 e. The zero-order valence-corrected chi connectivity index (χ0v) is 11.0. The molecular formula is C13H18BrN. The fraction of sp³-hybridized carbons (Fsp3) is 0.538. The smallest absolute Gasteiger partial charge is 0.0178 e. The van der Waals surface area contributed by atoms with Gasteiger partial charge in [0.1, 0.15) is 0 Å². The number of hydrogen-bond acceptors (Lipinski definition) is 1. The van der Waals surface area contributed by atoms with Crippen molar-refractivity contribution in [1.82, 2.24) is 4.90 Å². The minimum Gasteiger partial charge on any atom is -0.300 e. The lowest BCUT2D eigenvalue weighted by Gasteiger charge is -2.25. The van der Waals surface area contributed by atoms with E-state index in [9.17, 15) is 0 Å². The molecule has 0 N–H and O–H groups in total. The molecule has 0 bridgehead atoms. The number of nitrogens with zero attached hydrogens (tertiary/aromatic N) is 1. The van der Waals surface area contributed by atoms with Gasteiger partial charge in [0.05, 0.1) is 0 Å².